The summed E-state index contributed by atoms with van der Waals surface area (Å²) in [6.45, 7) is 5.00. The minimum Gasteiger partial charge on any atom is -0.365 e. The van der Waals surface area contributed by atoms with Gasteiger partial charge in [-0.3, -0.25) is 4.68 Å². The standard InChI is InChI=1S/C16H20ClN3O/c1-16(2,13-5-6-13)21-15(9-20-11-18-10-19-20)12-3-7-14(17)8-4-12/h3-4,7-8,10-11,13,15H,5-6,9H2,1-2H3/t15-/m0/s1. The smallest absolute Gasteiger partial charge is 0.137 e. The monoisotopic (exact) mass is 305 g/mol. The van der Waals surface area contributed by atoms with Crippen LogP contribution in [0.5, 0.6) is 0 Å². The highest BCUT2D eigenvalue weighted by atomic mass is 35.5. The summed E-state index contributed by atoms with van der Waals surface area (Å²) >= 11 is 5.98. The average Bonchev–Trinajstić information content (AvgIpc) is 3.19. The number of hydrogen-bond donors (Lipinski definition) is 0. The molecule has 2 aromatic rings. The Hall–Kier alpha value is -1.39. The van der Waals surface area contributed by atoms with Gasteiger partial charge in [0.05, 0.1) is 12.1 Å². The molecule has 21 heavy (non-hydrogen) atoms. The molecule has 0 N–H and O–H groups in total. The lowest BCUT2D eigenvalue weighted by molar-refractivity contribution is -0.0940. The first kappa shape index (κ1) is 14.5. The Bertz CT molecular complexity index is 576. The van der Waals surface area contributed by atoms with E-state index in [1.165, 1.54) is 12.8 Å². The largest absolute Gasteiger partial charge is 0.365 e. The van der Waals surface area contributed by atoms with Crippen LogP contribution in [0.4, 0.5) is 0 Å². The van der Waals surface area contributed by atoms with Crippen molar-refractivity contribution in [3.05, 3.63) is 47.5 Å². The maximum atomic E-state index is 6.43. The number of rotatable bonds is 6. The molecule has 1 atom stereocenters. The van der Waals surface area contributed by atoms with E-state index in [4.69, 9.17) is 16.3 Å². The summed E-state index contributed by atoms with van der Waals surface area (Å²) in [4.78, 5) is 4.00. The third kappa shape index (κ3) is 3.63. The molecule has 112 valence electrons. The maximum Gasteiger partial charge on any atom is 0.137 e. The van der Waals surface area contributed by atoms with Crippen LogP contribution in [-0.2, 0) is 11.3 Å². The van der Waals surface area contributed by atoms with E-state index in [1.54, 1.807) is 12.7 Å². The minimum atomic E-state index is -0.120. The highest BCUT2D eigenvalue weighted by Gasteiger charge is 2.40. The Morgan fingerprint density at radius 3 is 2.62 bits per heavy atom. The van der Waals surface area contributed by atoms with Crippen LogP contribution < -0.4 is 0 Å². The van der Waals surface area contributed by atoms with E-state index >= 15 is 0 Å². The van der Waals surface area contributed by atoms with Crippen molar-refractivity contribution < 1.29 is 4.74 Å². The first-order chi connectivity index (χ1) is 10.0. The molecular formula is C16H20ClN3O. The van der Waals surface area contributed by atoms with E-state index in [0.29, 0.717) is 12.5 Å². The van der Waals surface area contributed by atoms with Crippen molar-refractivity contribution in [2.24, 2.45) is 5.92 Å². The van der Waals surface area contributed by atoms with E-state index in [0.717, 1.165) is 10.6 Å². The Morgan fingerprint density at radius 2 is 2.05 bits per heavy atom. The van der Waals surface area contributed by atoms with Gasteiger partial charge < -0.3 is 4.74 Å². The first-order valence-corrected chi connectivity index (χ1v) is 7.68. The van der Waals surface area contributed by atoms with Gasteiger partial charge in [0.15, 0.2) is 0 Å². The van der Waals surface area contributed by atoms with E-state index in [1.807, 2.05) is 28.9 Å². The Morgan fingerprint density at radius 1 is 1.33 bits per heavy atom. The minimum absolute atomic E-state index is 0.0560. The second-order valence-electron chi connectivity index (χ2n) is 6.15. The molecule has 0 bridgehead atoms. The number of nitrogens with zero attached hydrogens (tertiary/aromatic N) is 3. The van der Waals surface area contributed by atoms with Gasteiger partial charge in [-0.05, 0) is 50.3 Å². The zero-order chi connectivity index (χ0) is 14.9. The summed E-state index contributed by atoms with van der Waals surface area (Å²) in [5.74, 6) is 0.656. The first-order valence-electron chi connectivity index (χ1n) is 7.30. The van der Waals surface area contributed by atoms with Crippen LogP contribution in [0.3, 0.4) is 0 Å². The van der Waals surface area contributed by atoms with Crippen molar-refractivity contribution >= 4 is 11.6 Å². The molecule has 3 rings (SSSR count). The fourth-order valence-corrected chi connectivity index (χ4v) is 2.75. The number of ether oxygens (including phenoxy) is 1. The molecule has 1 saturated carbocycles. The molecule has 1 fully saturated rings. The fraction of sp³-hybridized carbons (Fsp3) is 0.500. The predicted molar refractivity (Wildman–Crippen MR) is 82.1 cm³/mol. The topological polar surface area (TPSA) is 39.9 Å². The summed E-state index contributed by atoms with van der Waals surface area (Å²) in [6, 6.07) is 7.84. The number of halogens is 1. The highest BCUT2D eigenvalue weighted by Crippen LogP contribution is 2.44. The summed E-state index contributed by atoms with van der Waals surface area (Å²) < 4.78 is 8.24. The van der Waals surface area contributed by atoms with Gasteiger partial charge in [0, 0.05) is 5.02 Å². The summed E-state index contributed by atoms with van der Waals surface area (Å²) in [5, 5.41) is 4.92. The van der Waals surface area contributed by atoms with Crippen molar-refractivity contribution in [2.75, 3.05) is 0 Å². The average molecular weight is 306 g/mol. The van der Waals surface area contributed by atoms with Crippen LogP contribution >= 0.6 is 11.6 Å². The third-order valence-corrected chi connectivity index (χ3v) is 4.32. The van der Waals surface area contributed by atoms with Gasteiger partial charge >= 0.3 is 0 Å². The van der Waals surface area contributed by atoms with Crippen molar-refractivity contribution in [3.8, 4) is 0 Å². The molecule has 1 aromatic heterocycles. The molecular weight excluding hydrogens is 286 g/mol. The normalized spacial score (nSPS) is 16.9. The van der Waals surface area contributed by atoms with Crippen molar-refractivity contribution in [3.63, 3.8) is 0 Å². The van der Waals surface area contributed by atoms with E-state index < -0.39 is 0 Å². The summed E-state index contributed by atoms with van der Waals surface area (Å²) in [5.41, 5.74) is 0.994. The lowest BCUT2D eigenvalue weighted by Gasteiger charge is -2.31. The predicted octanol–water partition coefficient (Wildman–Crippen LogP) is 3.88. The summed E-state index contributed by atoms with van der Waals surface area (Å²) in [7, 11) is 0. The van der Waals surface area contributed by atoms with Gasteiger partial charge in [0.1, 0.15) is 18.8 Å². The molecule has 0 saturated heterocycles. The molecule has 1 heterocycles. The molecule has 1 aromatic carbocycles. The fourth-order valence-electron chi connectivity index (χ4n) is 2.63. The van der Waals surface area contributed by atoms with Crippen molar-refractivity contribution in [1.82, 2.24) is 14.8 Å². The van der Waals surface area contributed by atoms with Crippen LogP contribution in [0.1, 0.15) is 38.4 Å². The van der Waals surface area contributed by atoms with Gasteiger partial charge in [-0.15, -0.1) is 0 Å². The zero-order valence-corrected chi connectivity index (χ0v) is 13.1. The van der Waals surface area contributed by atoms with Gasteiger partial charge in [0.2, 0.25) is 0 Å². The number of benzene rings is 1. The van der Waals surface area contributed by atoms with Gasteiger partial charge in [-0.2, -0.15) is 5.10 Å². The Balaban J connectivity index is 1.81. The maximum absolute atomic E-state index is 6.43. The van der Waals surface area contributed by atoms with Crippen LogP contribution in [0.15, 0.2) is 36.9 Å². The summed E-state index contributed by atoms with van der Waals surface area (Å²) in [6.07, 6.45) is 5.72. The third-order valence-electron chi connectivity index (χ3n) is 4.07. The zero-order valence-electron chi connectivity index (χ0n) is 12.4. The van der Waals surface area contributed by atoms with Gasteiger partial charge in [-0.1, -0.05) is 23.7 Å². The molecule has 0 aliphatic heterocycles. The van der Waals surface area contributed by atoms with E-state index in [2.05, 4.69) is 23.9 Å². The van der Waals surface area contributed by atoms with Crippen molar-refractivity contribution in [2.45, 2.75) is 44.9 Å². The van der Waals surface area contributed by atoms with Crippen LogP contribution in [0.2, 0.25) is 5.02 Å². The molecule has 1 aliphatic carbocycles. The van der Waals surface area contributed by atoms with Crippen LogP contribution in [-0.4, -0.2) is 20.4 Å². The molecule has 0 spiro atoms. The van der Waals surface area contributed by atoms with E-state index in [9.17, 15) is 0 Å². The Labute approximate surface area is 130 Å². The second-order valence-corrected chi connectivity index (χ2v) is 6.59. The van der Waals surface area contributed by atoms with Crippen molar-refractivity contribution in [1.29, 1.82) is 0 Å². The highest BCUT2D eigenvalue weighted by molar-refractivity contribution is 6.30. The molecule has 5 heteroatoms. The lowest BCUT2D eigenvalue weighted by Crippen LogP contribution is -2.31. The van der Waals surface area contributed by atoms with Gasteiger partial charge in [-0.25, -0.2) is 4.98 Å². The molecule has 1 aliphatic rings. The molecule has 0 unspecified atom stereocenters. The van der Waals surface area contributed by atoms with Gasteiger partial charge in [0.25, 0.3) is 0 Å². The molecule has 4 nitrogen and oxygen atoms in total. The molecule has 0 radical (unpaired) electrons. The molecule has 0 amide bonds. The van der Waals surface area contributed by atoms with Crippen LogP contribution in [0.25, 0.3) is 0 Å². The SMILES string of the molecule is CC(C)(O[C@@H](Cn1cncn1)c1ccc(Cl)cc1)C1CC1. The lowest BCUT2D eigenvalue weighted by atomic mass is 10.0. The second kappa shape index (κ2) is 5.78. The van der Waals surface area contributed by atoms with Crippen LogP contribution in [0, 0.1) is 5.92 Å². The van der Waals surface area contributed by atoms with E-state index in [-0.39, 0.29) is 11.7 Å². The Kier molecular flexibility index (Phi) is 4.00. The quantitative estimate of drug-likeness (QED) is 0.813. The number of hydrogen-bond acceptors (Lipinski definition) is 3. The number of aromatic nitrogens is 3.